The normalized spacial score (nSPS) is 12.3. The number of hydrogen-bond acceptors (Lipinski definition) is 3. The van der Waals surface area contributed by atoms with Crippen molar-refractivity contribution in [1.82, 2.24) is 9.55 Å². The Morgan fingerprint density at radius 1 is 1.44 bits per heavy atom. The number of carbonyl (C=O) groups is 1. The molecule has 0 bridgehead atoms. The van der Waals surface area contributed by atoms with Gasteiger partial charge in [0.2, 0.25) is 5.91 Å². The average molecular weight is 265 g/mol. The topological polar surface area (TPSA) is 60.9 Å². The quantitative estimate of drug-likeness (QED) is 0.859. The molecule has 0 aliphatic heterocycles. The third kappa shape index (κ3) is 2.70. The van der Waals surface area contributed by atoms with E-state index in [1.54, 1.807) is 29.1 Å². The summed E-state index contributed by atoms with van der Waals surface area (Å²) < 4.78 is 14.6. The fraction of sp³-hybridized carbons (Fsp3) is 0.167. The van der Waals surface area contributed by atoms with Gasteiger partial charge in [-0.2, -0.15) is 0 Å². The van der Waals surface area contributed by atoms with Crippen LogP contribution in [0.3, 0.4) is 0 Å². The lowest BCUT2D eigenvalue weighted by Crippen LogP contribution is -2.19. The summed E-state index contributed by atoms with van der Waals surface area (Å²) in [5.74, 6) is -0.821. The van der Waals surface area contributed by atoms with Crippen LogP contribution in [-0.2, 0) is 11.8 Å². The van der Waals surface area contributed by atoms with E-state index >= 15 is 0 Å². The zero-order valence-electron chi connectivity index (χ0n) is 9.71. The standard InChI is InChI=1S/C12H12FN3OS/c1-16-7-6-15-12(16)18-10(11(14)17)8-2-4-9(13)5-3-8/h2-7,10H,1H3,(H2,14,17). The van der Waals surface area contributed by atoms with Gasteiger partial charge in [-0.05, 0) is 17.7 Å². The molecule has 2 N–H and O–H groups in total. The van der Waals surface area contributed by atoms with Gasteiger partial charge in [0.1, 0.15) is 11.1 Å². The molecular formula is C12H12FN3OS. The second-order valence-corrected chi connectivity index (χ2v) is 4.84. The van der Waals surface area contributed by atoms with Crippen LogP contribution in [0, 0.1) is 5.82 Å². The monoisotopic (exact) mass is 265 g/mol. The summed E-state index contributed by atoms with van der Waals surface area (Å²) in [6.07, 6.45) is 3.43. The first-order valence-electron chi connectivity index (χ1n) is 5.26. The third-order valence-corrected chi connectivity index (χ3v) is 3.78. The van der Waals surface area contributed by atoms with Crippen LogP contribution >= 0.6 is 11.8 Å². The number of hydrogen-bond donors (Lipinski definition) is 1. The highest BCUT2D eigenvalue weighted by Crippen LogP contribution is 2.33. The second-order valence-electron chi connectivity index (χ2n) is 3.77. The summed E-state index contributed by atoms with van der Waals surface area (Å²) in [6, 6.07) is 5.73. The predicted molar refractivity (Wildman–Crippen MR) is 67.4 cm³/mol. The number of aryl methyl sites for hydroxylation is 1. The van der Waals surface area contributed by atoms with Crippen LogP contribution in [0.2, 0.25) is 0 Å². The Bertz CT molecular complexity index is 553. The number of primary amides is 1. The molecule has 0 spiro atoms. The molecule has 0 radical (unpaired) electrons. The molecule has 94 valence electrons. The number of thioether (sulfide) groups is 1. The van der Waals surface area contributed by atoms with Crippen molar-refractivity contribution in [2.75, 3.05) is 0 Å². The maximum Gasteiger partial charge on any atom is 0.235 e. The molecule has 0 fully saturated rings. The second kappa shape index (κ2) is 5.22. The molecule has 0 saturated heterocycles. The van der Waals surface area contributed by atoms with Gasteiger partial charge < -0.3 is 10.3 Å². The Hall–Kier alpha value is -1.82. The van der Waals surface area contributed by atoms with Crippen molar-refractivity contribution in [2.45, 2.75) is 10.4 Å². The van der Waals surface area contributed by atoms with Crippen molar-refractivity contribution in [3.63, 3.8) is 0 Å². The maximum absolute atomic E-state index is 12.9. The lowest BCUT2D eigenvalue weighted by Gasteiger charge is -2.12. The van der Waals surface area contributed by atoms with Crippen LogP contribution in [0.25, 0.3) is 0 Å². The highest BCUT2D eigenvalue weighted by molar-refractivity contribution is 8.00. The highest BCUT2D eigenvalue weighted by Gasteiger charge is 2.21. The number of nitrogens with zero attached hydrogens (tertiary/aromatic N) is 2. The molecule has 4 nitrogen and oxygen atoms in total. The Labute approximate surface area is 108 Å². The van der Waals surface area contributed by atoms with Gasteiger partial charge in [0.15, 0.2) is 5.16 Å². The van der Waals surface area contributed by atoms with Gasteiger partial charge in [0.05, 0.1) is 0 Å². The van der Waals surface area contributed by atoms with Crippen LogP contribution in [0.5, 0.6) is 0 Å². The van der Waals surface area contributed by atoms with Gasteiger partial charge in [-0.3, -0.25) is 4.79 Å². The average Bonchev–Trinajstić information content (AvgIpc) is 2.73. The number of halogens is 1. The van der Waals surface area contributed by atoms with Gasteiger partial charge in [0.25, 0.3) is 0 Å². The minimum Gasteiger partial charge on any atom is -0.368 e. The van der Waals surface area contributed by atoms with Crippen molar-refractivity contribution in [2.24, 2.45) is 12.8 Å². The Kier molecular flexibility index (Phi) is 3.66. The Morgan fingerprint density at radius 2 is 2.11 bits per heavy atom. The predicted octanol–water partition coefficient (Wildman–Crippen LogP) is 1.88. The third-order valence-electron chi connectivity index (χ3n) is 2.43. The minimum absolute atomic E-state index is 0.344. The smallest absolute Gasteiger partial charge is 0.235 e. The molecule has 0 saturated carbocycles. The summed E-state index contributed by atoms with van der Waals surface area (Å²) in [4.78, 5) is 15.6. The molecule has 2 aromatic rings. The molecular weight excluding hydrogens is 253 g/mol. The van der Waals surface area contributed by atoms with Crippen LogP contribution in [0.15, 0.2) is 41.8 Å². The lowest BCUT2D eigenvalue weighted by atomic mass is 10.1. The van der Waals surface area contributed by atoms with E-state index in [0.717, 1.165) is 0 Å². The molecule has 1 aromatic heterocycles. The molecule has 18 heavy (non-hydrogen) atoms. The summed E-state index contributed by atoms with van der Waals surface area (Å²) >= 11 is 1.24. The van der Waals surface area contributed by atoms with Crippen molar-refractivity contribution >= 4 is 17.7 Å². The highest BCUT2D eigenvalue weighted by atomic mass is 32.2. The largest absolute Gasteiger partial charge is 0.368 e. The summed E-state index contributed by atoms with van der Waals surface area (Å²) in [6.45, 7) is 0. The number of amides is 1. The van der Waals surface area contributed by atoms with Crippen molar-refractivity contribution in [1.29, 1.82) is 0 Å². The van der Waals surface area contributed by atoms with E-state index in [9.17, 15) is 9.18 Å². The Balaban J connectivity index is 2.27. The summed E-state index contributed by atoms with van der Waals surface area (Å²) in [5.41, 5.74) is 6.05. The number of benzene rings is 1. The summed E-state index contributed by atoms with van der Waals surface area (Å²) in [7, 11) is 1.83. The fourth-order valence-corrected chi connectivity index (χ4v) is 2.47. The number of aromatic nitrogens is 2. The van der Waals surface area contributed by atoms with Gasteiger partial charge in [-0.1, -0.05) is 23.9 Å². The zero-order chi connectivity index (χ0) is 13.1. The SMILES string of the molecule is Cn1ccnc1SC(C(N)=O)c1ccc(F)cc1. The molecule has 1 heterocycles. The van der Waals surface area contributed by atoms with Crippen LogP contribution in [-0.4, -0.2) is 15.5 Å². The van der Waals surface area contributed by atoms with Gasteiger partial charge in [-0.15, -0.1) is 0 Å². The fourth-order valence-electron chi connectivity index (χ4n) is 1.50. The first kappa shape index (κ1) is 12.6. The number of rotatable bonds is 4. The van der Waals surface area contributed by atoms with Crippen molar-refractivity contribution in [3.05, 3.63) is 48.0 Å². The molecule has 0 aliphatic carbocycles. The first-order valence-corrected chi connectivity index (χ1v) is 6.14. The van der Waals surface area contributed by atoms with E-state index < -0.39 is 11.2 Å². The van der Waals surface area contributed by atoms with E-state index in [0.29, 0.717) is 10.7 Å². The van der Waals surface area contributed by atoms with Crippen molar-refractivity contribution < 1.29 is 9.18 Å². The molecule has 1 aromatic carbocycles. The van der Waals surface area contributed by atoms with E-state index in [2.05, 4.69) is 4.98 Å². The van der Waals surface area contributed by atoms with Gasteiger partial charge in [0, 0.05) is 19.4 Å². The zero-order valence-corrected chi connectivity index (χ0v) is 10.5. The van der Waals surface area contributed by atoms with E-state index in [4.69, 9.17) is 5.73 Å². The number of carbonyl (C=O) groups excluding carboxylic acids is 1. The molecule has 1 atom stereocenters. The van der Waals surface area contributed by atoms with Crippen LogP contribution < -0.4 is 5.73 Å². The summed E-state index contributed by atoms with van der Waals surface area (Å²) in [5, 5.41) is 0.106. The van der Waals surface area contributed by atoms with Crippen LogP contribution in [0.1, 0.15) is 10.8 Å². The van der Waals surface area contributed by atoms with Crippen molar-refractivity contribution in [3.8, 4) is 0 Å². The minimum atomic E-state index is -0.577. The van der Waals surface area contributed by atoms with E-state index in [1.165, 1.54) is 23.9 Å². The first-order chi connectivity index (χ1) is 8.58. The maximum atomic E-state index is 12.9. The van der Waals surface area contributed by atoms with Crippen LogP contribution in [0.4, 0.5) is 4.39 Å². The lowest BCUT2D eigenvalue weighted by molar-refractivity contribution is -0.117. The molecule has 1 amide bonds. The molecule has 1 unspecified atom stereocenters. The van der Waals surface area contributed by atoms with Gasteiger partial charge >= 0.3 is 0 Å². The Morgan fingerprint density at radius 3 is 2.61 bits per heavy atom. The van der Waals surface area contributed by atoms with E-state index in [1.807, 2.05) is 7.05 Å². The molecule has 2 rings (SSSR count). The molecule has 0 aliphatic rings. The molecule has 6 heteroatoms. The van der Waals surface area contributed by atoms with E-state index in [-0.39, 0.29) is 5.82 Å². The number of nitrogens with two attached hydrogens (primary N) is 1. The number of imidazole rings is 1. The van der Waals surface area contributed by atoms with Gasteiger partial charge in [-0.25, -0.2) is 9.37 Å².